The molecule has 0 fully saturated rings. The Morgan fingerprint density at radius 3 is 2.62 bits per heavy atom. The summed E-state index contributed by atoms with van der Waals surface area (Å²) in [6, 6.07) is 14.5. The highest BCUT2D eigenvalue weighted by Gasteiger charge is 2.03. The molecule has 0 N–H and O–H groups in total. The van der Waals surface area contributed by atoms with E-state index in [4.69, 9.17) is 11.6 Å². The van der Waals surface area contributed by atoms with Crippen LogP contribution < -0.4 is 0 Å². The lowest BCUT2D eigenvalue weighted by molar-refractivity contribution is 1.37. The number of hydrogen-bond acceptors (Lipinski definition) is 0. The molecule has 2 aromatic rings. The molecule has 0 unspecified atom stereocenters. The Labute approximate surface area is 109 Å². The Bertz CT molecular complexity index is 506. The lowest BCUT2D eigenvalue weighted by Crippen LogP contribution is -1.86. The molecular weight excluding hydrogens is 284 g/mol. The number of hydrogen-bond donors (Lipinski definition) is 0. The van der Waals surface area contributed by atoms with Gasteiger partial charge in [0.2, 0.25) is 0 Å². The summed E-state index contributed by atoms with van der Waals surface area (Å²) in [6.07, 6.45) is 0. The average molecular weight is 296 g/mol. The maximum absolute atomic E-state index is 6.01. The minimum atomic E-state index is 0.779. The molecule has 16 heavy (non-hydrogen) atoms. The molecule has 0 nitrogen and oxygen atoms in total. The van der Waals surface area contributed by atoms with Gasteiger partial charge in [-0.25, -0.2) is 0 Å². The normalized spacial score (nSPS) is 10.4. The quantitative estimate of drug-likeness (QED) is 0.667. The molecule has 2 rings (SSSR count). The van der Waals surface area contributed by atoms with E-state index in [2.05, 4.69) is 47.1 Å². The predicted molar refractivity (Wildman–Crippen MR) is 74.3 cm³/mol. The van der Waals surface area contributed by atoms with Gasteiger partial charge in [0.25, 0.3) is 0 Å². The third kappa shape index (κ3) is 2.47. The molecule has 0 aliphatic carbocycles. The summed E-state index contributed by atoms with van der Waals surface area (Å²) >= 11 is 9.49. The van der Waals surface area contributed by atoms with Gasteiger partial charge in [-0.1, -0.05) is 57.9 Å². The van der Waals surface area contributed by atoms with E-state index in [-0.39, 0.29) is 0 Å². The number of rotatable bonds is 2. The van der Waals surface area contributed by atoms with E-state index in [1.54, 1.807) is 0 Å². The van der Waals surface area contributed by atoms with Gasteiger partial charge in [-0.05, 0) is 41.3 Å². The van der Waals surface area contributed by atoms with Crippen molar-refractivity contribution in [3.8, 4) is 11.1 Å². The van der Waals surface area contributed by atoms with E-state index in [1.165, 1.54) is 22.3 Å². The zero-order valence-electron chi connectivity index (χ0n) is 9.00. The first-order valence-corrected chi connectivity index (χ1v) is 6.62. The average Bonchev–Trinajstić information content (AvgIpc) is 2.30. The molecule has 2 aromatic carbocycles. The fourth-order valence-electron chi connectivity index (χ4n) is 1.72. The second-order valence-electron chi connectivity index (χ2n) is 3.79. The van der Waals surface area contributed by atoms with Crippen LogP contribution in [0.1, 0.15) is 11.1 Å². The van der Waals surface area contributed by atoms with Gasteiger partial charge < -0.3 is 0 Å². The van der Waals surface area contributed by atoms with Crippen molar-refractivity contribution < 1.29 is 0 Å². The maximum atomic E-state index is 6.01. The fourth-order valence-corrected chi connectivity index (χ4v) is 2.26. The van der Waals surface area contributed by atoms with Crippen LogP contribution in [0.2, 0.25) is 5.02 Å². The summed E-state index contributed by atoms with van der Waals surface area (Å²) in [5, 5.41) is 1.65. The topological polar surface area (TPSA) is 0 Å². The second kappa shape index (κ2) is 5.03. The molecule has 82 valence electrons. The van der Waals surface area contributed by atoms with E-state index < -0.39 is 0 Å². The summed E-state index contributed by atoms with van der Waals surface area (Å²) in [4.78, 5) is 0. The van der Waals surface area contributed by atoms with Crippen LogP contribution in [0.15, 0.2) is 42.5 Å². The van der Waals surface area contributed by atoms with Gasteiger partial charge in [-0.15, -0.1) is 0 Å². The Morgan fingerprint density at radius 1 is 1.12 bits per heavy atom. The van der Waals surface area contributed by atoms with Crippen LogP contribution in [0.25, 0.3) is 11.1 Å². The Morgan fingerprint density at radius 2 is 1.94 bits per heavy atom. The first-order valence-electron chi connectivity index (χ1n) is 5.12. The molecule has 2 heteroatoms. The molecule has 0 saturated carbocycles. The molecule has 0 aliphatic heterocycles. The van der Waals surface area contributed by atoms with Crippen molar-refractivity contribution in [1.82, 2.24) is 0 Å². The summed E-state index contributed by atoms with van der Waals surface area (Å²) in [7, 11) is 0. The summed E-state index contributed by atoms with van der Waals surface area (Å²) in [5.74, 6) is 0. The minimum Gasteiger partial charge on any atom is -0.0876 e. The molecular formula is C14H12BrCl. The van der Waals surface area contributed by atoms with Gasteiger partial charge in [-0.3, -0.25) is 0 Å². The highest BCUT2D eigenvalue weighted by atomic mass is 79.9. The van der Waals surface area contributed by atoms with Crippen molar-refractivity contribution in [3.05, 3.63) is 58.6 Å². The van der Waals surface area contributed by atoms with Crippen molar-refractivity contribution in [3.63, 3.8) is 0 Å². The van der Waals surface area contributed by atoms with Crippen LogP contribution in [-0.2, 0) is 5.33 Å². The van der Waals surface area contributed by atoms with Gasteiger partial charge in [-0.2, -0.15) is 0 Å². The predicted octanol–water partition coefficient (Wildman–Crippen LogP) is 5.21. The van der Waals surface area contributed by atoms with E-state index in [0.717, 1.165) is 10.4 Å². The fraction of sp³-hybridized carbons (Fsp3) is 0.143. The van der Waals surface area contributed by atoms with Gasteiger partial charge in [0.1, 0.15) is 0 Å². The van der Waals surface area contributed by atoms with Crippen LogP contribution >= 0.6 is 27.5 Å². The zero-order valence-corrected chi connectivity index (χ0v) is 11.3. The lowest BCUT2D eigenvalue weighted by atomic mass is 9.99. The first-order chi connectivity index (χ1) is 7.70. The summed E-state index contributed by atoms with van der Waals surface area (Å²) in [6.45, 7) is 2.12. The molecule has 0 spiro atoms. The number of halogens is 2. The van der Waals surface area contributed by atoms with Gasteiger partial charge in [0.05, 0.1) is 0 Å². The largest absolute Gasteiger partial charge is 0.0876 e. The van der Waals surface area contributed by atoms with E-state index in [9.17, 15) is 0 Å². The highest BCUT2D eigenvalue weighted by Crippen LogP contribution is 2.27. The molecule has 0 aromatic heterocycles. The van der Waals surface area contributed by atoms with Gasteiger partial charge >= 0.3 is 0 Å². The van der Waals surface area contributed by atoms with Crippen molar-refractivity contribution in [1.29, 1.82) is 0 Å². The highest BCUT2D eigenvalue weighted by molar-refractivity contribution is 9.08. The molecule has 0 heterocycles. The van der Waals surface area contributed by atoms with Gasteiger partial charge in [0, 0.05) is 10.4 Å². The van der Waals surface area contributed by atoms with Crippen molar-refractivity contribution in [2.24, 2.45) is 0 Å². The van der Waals surface area contributed by atoms with E-state index in [1.807, 2.05) is 18.2 Å². The Hall–Kier alpha value is -0.790. The molecule has 0 aliphatic rings. The maximum Gasteiger partial charge on any atom is 0.0412 e. The van der Waals surface area contributed by atoms with Crippen LogP contribution in [-0.4, -0.2) is 0 Å². The number of benzene rings is 2. The van der Waals surface area contributed by atoms with E-state index in [0.29, 0.717) is 0 Å². The molecule has 0 bridgehead atoms. The molecule has 0 amide bonds. The van der Waals surface area contributed by atoms with Crippen molar-refractivity contribution in [2.45, 2.75) is 12.3 Å². The Balaban J connectivity index is 2.54. The Kier molecular flexibility index (Phi) is 3.67. The molecule has 0 saturated heterocycles. The van der Waals surface area contributed by atoms with Crippen LogP contribution in [0, 0.1) is 6.92 Å². The molecule has 0 radical (unpaired) electrons. The van der Waals surface area contributed by atoms with E-state index >= 15 is 0 Å². The third-order valence-electron chi connectivity index (χ3n) is 2.59. The standard InChI is InChI=1S/C14H12BrCl/c1-10-5-6-11(9-15)7-14(10)12-3-2-4-13(16)8-12/h2-8H,9H2,1H3. The van der Waals surface area contributed by atoms with Crippen LogP contribution in [0.4, 0.5) is 0 Å². The SMILES string of the molecule is Cc1ccc(CBr)cc1-c1cccc(Cl)c1. The summed E-state index contributed by atoms with van der Waals surface area (Å²) in [5.41, 5.74) is 4.97. The number of alkyl halides is 1. The van der Waals surface area contributed by atoms with Crippen molar-refractivity contribution >= 4 is 27.5 Å². The first kappa shape index (κ1) is 11.7. The van der Waals surface area contributed by atoms with Gasteiger partial charge in [0.15, 0.2) is 0 Å². The smallest absolute Gasteiger partial charge is 0.0412 e. The summed E-state index contributed by atoms with van der Waals surface area (Å²) < 4.78 is 0. The lowest BCUT2D eigenvalue weighted by Gasteiger charge is -2.08. The van der Waals surface area contributed by atoms with Crippen LogP contribution in [0.3, 0.4) is 0 Å². The monoisotopic (exact) mass is 294 g/mol. The zero-order chi connectivity index (χ0) is 11.5. The second-order valence-corrected chi connectivity index (χ2v) is 4.79. The van der Waals surface area contributed by atoms with Crippen molar-refractivity contribution in [2.75, 3.05) is 0 Å². The third-order valence-corrected chi connectivity index (χ3v) is 3.47. The molecule has 0 atom stereocenters. The van der Waals surface area contributed by atoms with Crippen LogP contribution in [0.5, 0.6) is 0 Å². The minimum absolute atomic E-state index is 0.779. The number of aryl methyl sites for hydroxylation is 1.